The molecule has 0 saturated carbocycles. The van der Waals surface area contributed by atoms with Crippen LogP contribution in [0.25, 0.3) is 0 Å². The van der Waals surface area contributed by atoms with E-state index in [-0.39, 0.29) is 19.0 Å². The van der Waals surface area contributed by atoms with Gasteiger partial charge in [-0.25, -0.2) is 0 Å². The Kier molecular flexibility index (Phi) is 6.59. The van der Waals surface area contributed by atoms with Crippen LogP contribution in [0.5, 0.6) is 0 Å². The number of amides is 3. The summed E-state index contributed by atoms with van der Waals surface area (Å²) in [5.41, 5.74) is 0.446. The fourth-order valence-electron chi connectivity index (χ4n) is 1.51. The summed E-state index contributed by atoms with van der Waals surface area (Å²) in [7, 11) is 0. The van der Waals surface area contributed by atoms with E-state index in [2.05, 4.69) is 16.0 Å². The molecule has 7 nitrogen and oxygen atoms in total. The molecule has 1 atom stereocenters. The molecule has 0 aliphatic rings. The minimum absolute atomic E-state index is 0.107. The molecule has 21 heavy (non-hydrogen) atoms. The molecule has 0 aliphatic carbocycles. The van der Waals surface area contributed by atoms with Gasteiger partial charge in [0, 0.05) is 5.56 Å². The Hall–Kier alpha value is -2.70. The lowest BCUT2D eigenvalue weighted by atomic mass is 10.2. The standard InChI is InChI=1S/C14H17N3O4/c1-10(13(20)15-7-8-18)17-12(19)9-16-14(21)11-5-3-2-4-6-11/h2-6,8,10H,7,9H2,1H3,(H,15,20)(H,16,21)(H,17,19)/t10-/m0/s1. The van der Waals surface area contributed by atoms with Gasteiger partial charge in [-0.05, 0) is 19.1 Å². The highest BCUT2D eigenvalue weighted by molar-refractivity contribution is 5.97. The van der Waals surface area contributed by atoms with E-state index in [1.807, 2.05) is 0 Å². The summed E-state index contributed by atoms with van der Waals surface area (Å²) in [5.74, 6) is -1.33. The SMILES string of the molecule is C[C@H](NC(=O)CNC(=O)c1ccccc1)C(=O)NCC=O. The van der Waals surface area contributed by atoms with Crippen LogP contribution in [0.4, 0.5) is 0 Å². The quantitative estimate of drug-likeness (QED) is 0.574. The molecule has 0 unspecified atom stereocenters. The van der Waals surface area contributed by atoms with Gasteiger partial charge in [0.2, 0.25) is 11.8 Å². The maximum Gasteiger partial charge on any atom is 0.251 e. The molecule has 0 spiro atoms. The molecule has 0 fully saturated rings. The summed E-state index contributed by atoms with van der Waals surface area (Å²) < 4.78 is 0. The van der Waals surface area contributed by atoms with Gasteiger partial charge in [-0.2, -0.15) is 0 Å². The number of carbonyl (C=O) groups is 4. The Morgan fingerprint density at radius 1 is 1.14 bits per heavy atom. The third-order valence-electron chi connectivity index (χ3n) is 2.58. The van der Waals surface area contributed by atoms with E-state index in [1.165, 1.54) is 6.92 Å². The maximum atomic E-state index is 11.7. The van der Waals surface area contributed by atoms with Crippen molar-refractivity contribution in [3.05, 3.63) is 35.9 Å². The number of hydrogen-bond donors (Lipinski definition) is 3. The highest BCUT2D eigenvalue weighted by atomic mass is 16.2. The van der Waals surface area contributed by atoms with Gasteiger partial charge in [0.1, 0.15) is 12.3 Å². The van der Waals surface area contributed by atoms with Crippen LogP contribution in [0.2, 0.25) is 0 Å². The molecule has 112 valence electrons. The highest BCUT2D eigenvalue weighted by Gasteiger charge is 2.15. The largest absolute Gasteiger partial charge is 0.348 e. The molecular formula is C14H17N3O4. The molecule has 7 heteroatoms. The minimum atomic E-state index is -0.786. The first-order valence-corrected chi connectivity index (χ1v) is 6.38. The molecule has 0 bridgehead atoms. The average molecular weight is 291 g/mol. The Morgan fingerprint density at radius 3 is 2.43 bits per heavy atom. The predicted molar refractivity (Wildman–Crippen MR) is 75.5 cm³/mol. The van der Waals surface area contributed by atoms with Crippen molar-refractivity contribution in [2.75, 3.05) is 13.1 Å². The van der Waals surface area contributed by atoms with E-state index in [0.717, 1.165) is 0 Å². The first-order chi connectivity index (χ1) is 10.0. The van der Waals surface area contributed by atoms with E-state index >= 15 is 0 Å². The Morgan fingerprint density at radius 2 is 1.81 bits per heavy atom. The van der Waals surface area contributed by atoms with Crippen molar-refractivity contribution in [3.63, 3.8) is 0 Å². The summed E-state index contributed by atoms with van der Waals surface area (Å²) in [6.45, 7) is 1.14. The topological polar surface area (TPSA) is 104 Å². The van der Waals surface area contributed by atoms with Crippen molar-refractivity contribution >= 4 is 24.0 Å². The molecule has 0 saturated heterocycles. The van der Waals surface area contributed by atoms with E-state index in [4.69, 9.17) is 0 Å². The molecule has 0 heterocycles. The Balaban J connectivity index is 2.35. The highest BCUT2D eigenvalue weighted by Crippen LogP contribution is 1.97. The minimum Gasteiger partial charge on any atom is -0.348 e. The zero-order valence-corrected chi connectivity index (χ0v) is 11.6. The summed E-state index contributed by atoms with van der Waals surface area (Å²) in [6, 6.07) is 7.68. The number of rotatable bonds is 7. The monoisotopic (exact) mass is 291 g/mol. The van der Waals surface area contributed by atoms with Crippen LogP contribution < -0.4 is 16.0 Å². The second-order valence-electron chi connectivity index (χ2n) is 4.25. The third kappa shape index (κ3) is 5.85. The second-order valence-corrected chi connectivity index (χ2v) is 4.25. The van der Waals surface area contributed by atoms with Crippen LogP contribution >= 0.6 is 0 Å². The molecule has 1 aromatic carbocycles. The van der Waals surface area contributed by atoms with Crippen molar-refractivity contribution in [1.29, 1.82) is 0 Å². The predicted octanol–water partition coefficient (Wildman–Crippen LogP) is -0.764. The van der Waals surface area contributed by atoms with Crippen LogP contribution in [-0.2, 0) is 14.4 Å². The molecule has 1 rings (SSSR count). The molecule has 0 radical (unpaired) electrons. The zero-order chi connectivity index (χ0) is 15.7. The molecular weight excluding hydrogens is 274 g/mol. The first-order valence-electron chi connectivity index (χ1n) is 6.38. The van der Waals surface area contributed by atoms with E-state index in [9.17, 15) is 19.2 Å². The van der Waals surface area contributed by atoms with Gasteiger partial charge in [-0.3, -0.25) is 14.4 Å². The van der Waals surface area contributed by atoms with Crippen LogP contribution in [0.1, 0.15) is 17.3 Å². The summed E-state index contributed by atoms with van der Waals surface area (Å²) in [5, 5.41) is 7.18. The number of carbonyl (C=O) groups excluding carboxylic acids is 4. The normalized spacial score (nSPS) is 11.1. The van der Waals surface area contributed by atoms with Gasteiger partial charge in [0.15, 0.2) is 0 Å². The third-order valence-corrected chi connectivity index (χ3v) is 2.58. The van der Waals surface area contributed by atoms with E-state index < -0.39 is 17.9 Å². The molecule has 0 aliphatic heterocycles. The van der Waals surface area contributed by atoms with Gasteiger partial charge in [0.05, 0.1) is 13.1 Å². The smallest absolute Gasteiger partial charge is 0.251 e. The fourth-order valence-corrected chi connectivity index (χ4v) is 1.51. The second kappa shape index (κ2) is 8.47. The van der Waals surface area contributed by atoms with Crippen molar-refractivity contribution in [1.82, 2.24) is 16.0 Å². The van der Waals surface area contributed by atoms with Crippen LogP contribution in [0.15, 0.2) is 30.3 Å². The van der Waals surface area contributed by atoms with Gasteiger partial charge in [0.25, 0.3) is 5.91 Å². The van der Waals surface area contributed by atoms with Crippen LogP contribution in [-0.4, -0.2) is 43.1 Å². The number of aldehydes is 1. The molecule has 3 amide bonds. The van der Waals surface area contributed by atoms with Crippen LogP contribution in [0.3, 0.4) is 0 Å². The van der Waals surface area contributed by atoms with Gasteiger partial charge in [-0.15, -0.1) is 0 Å². The lowest BCUT2D eigenvalue weighted by molar-refractivity contribution is -0.128. The van der Waals surface area contributed by atoms with Crippen molar-refractivity contribution in [2.45, 2.75) is 13.0 Å². The zero-order valence-electron chi connectivity index (χ0n) is 11.6. The van der Waals surface area contributed by atoms with Gasteiger partial charge < -0.3 is 20.7 Å². The lowest BCUT2D eigenvalue weighted by Gasteiger charge is -2.13. The molecule has 0 aromatic heterocycles. The van der Waals surface area contributed by atoms with Crippen molar-refractivity contribution < 1.29 is 19.2 Å². The van der Waals surface area contributed by atoms with Crippen molar-refractivity contribution in [2.24, 2.45) is 0 Å². The van der Waals surface area contributed by atoms with E-state index in [0.29, 0.717) is 11.8 Å². The summed E-state index contributed by atoms with van der Waals surface area (Å²) in [4.78, 5) is 44.8. The van der Waals surface area contributed by atoms with Gasteiger partial charge >= 0.3 is 0 Å². The number of nitrogens with one attached hydrogen (secondary N) is 3. The Labute approximate surface area is 122 Å². The van der Waals surface area contributed by atoms with Gasteiger partial charge in [-0.1, -0.05) is 18.2 Å². The molecule has 1 aromatic rings. The number of benzene rings is 1. The first kappa shape index (κ1) is 16.4. The maximum absolute atomic E-state index is 11.7. The van der Waals surface area contributed by atoms with Crippen LogP contribution in [0, 0.1) is 0 Å². The lowest BCUT2D eigenvalue weighted by Crippen LogP contribution is -2.48. The van der Waals surface area contributed by atoms with E-state index in [1.54, 1.807) is 30.3 Å². The van der Waals surface area contributed by atoms with Crippen molar-refractivity contribution in [3.8, 4) is 0 Å². The summed E-state index contributed by atoms with van der Waals surface area (Å²) >= 11 is 0. The number of hydrogen-bond acceptors (Lipinski definition) is 4. The fraction of sp³-hybridized carbons (Fsp3) is 0.286. The summed E-state index contributed by atoms with van der Waals surface area (Å²) in [6.07, 6.45) is 0.548. The Bertz CT molecular complexity index is 516. The average Bonchev–Trinajstić information content (AvgIpc) is 2.50. The molecule has 3 N–H and O–H groups in total.